The van der Waals surface area contributed by atoms with E-state index in [2.05, 4.69) is 34.1 Å². The number of hydrogen-bond donors (Lipinski definition) is 2. The van der Waals surface area contributed by atoms with E-state index in [1.807, 2.05) is 18.2 Å². The first-order valence-corrected chi connectivity index (χ1v) is 6.32. The van der Waals surface area contributed by atoms with Crippen LogP contribution in [-0.2, 0) is 0 Å². The summed E-state index contributed by atoms with van der Waals surface area (Å²) in [7, 11) is 0. The molecule has 5 nitrogen and oxygen atoms in total. The molecule has 2 rings (SSSR count). The van der Waals surface area contributed by atoms with E-state index in [1.54, 1.807) is 18.6 Å². The van der Waals surface area contributed by atoms with Crippen LogP contribution in [-0.4, -0.2) is 27.0 Å². The van der Waals surface area contributed by atoms with Crippen LogP contribution in [0.5, 0.6) is 0 Å². The standard InChI is InChI=1S/C14H19N5/c1-14(2,6-7-15)19-13-17-9-11(10-18-13)12-5-3-4-8-16-12/h3-5,8-10H,6-7,15H2,1-2H3,(H,17,18,19). The van der Waals surface area contributed by atoms with Crippen LogP contribution in [0.2, 0.25) is 0 Å². The largest absolute Gasteiger partial charge is 0.349 e. The highest BCUT2D eigenvalue weighted by molar-refractivity contribution is 5.56. The molecule has 100 valence electrons. The van der Waals surface area contributed by atoms with E-state index in [0.29, 0.717) is 12.5 Å². The summed E-state index contributed by atoms with van der Waals surface area (Å²) in [5, 5.41) is 3.28. The third kappa shape index (κ3) is 3.72. The maximum atomic E-state index is 5.58. The first-order chi connectivity index (χ1) is 9.11. The topological polar surface area (TPSA) is 76.7 Å². The molecule has 0 unspecified atom stereocenters. The Labute approximate surface area is 113 Å². The van der Waals surface area contributed by atoms with Gasteiger partial charge in [0.05, 0.1) is 5.69 Å². The summed E-state index contributed by atoms with van der Waals surface area (Å²) in [5.74, 6) is 0.609. The van der Waals surface area contributed by atoms with Gasteiger partial charge in [0.2, 0.25) is 5.95 Å². The average molecular weight is 257 g/mol. The van der Waals surface area contributed by atoms with Crippen LogP contribution in [0.1, 0.15) is 20.3 Å². The second-order valence-electron chi connectivity index (χ2n) is 5.06. The van der Waals surface area contributed by atoms with Gasteiger partial charge < -0.3 is 11.1 Å². The van der Waals surface area contributed by atoms with E-state index in [4.69, 9.17) is 5.73 Å². The van der Waals surface area contributed by atoms with Crippen LogP contribution >= 0.6 is 0 Å². The number of hydrogen-bond acceptors (Lipinski definition) is 5. The first-order valence-electron chi connectivity index (χ1n) is 6.32. The van der Waals surface area contributed by atoms with Gasteiger partial charge in [-0.3, -0.25) is 4.98 Å². The van der Waals surface area contributed by atoms with Crippen molar-refractivity contribution in [3.05, 3.63) is 36.8 Å². The number of nitrogens with zero attached hydrogens (tertiary/aromatic N) is 3. The molecule has 2 heterocycles. The smallest absolute Gasteiger partial charge is 0.223 e. The summed E-state index contributed by atoms with van der Waals surface area (Å²) in [6.07, 6.45) is 6.16. The van der Waals surface area contributed by atoms with Crippen molar-refractivity contribution in [3.8, 4) is 11.3 Å². The number of rotatable bonds is 5. The summed E-state index contributed by atoms with van der Waals surface area (Å²) < 4.78 is 0. The second kappa shape index (κ2) is 5.75. The van der Waals surface area contributed by atoms with Gasteiger partial charge in [0.1, 0.15) is 0 Å². The molecule has 0 saturated heterocycles. The molecular weight excluding hydrogens is 238 g/mol. The fraction of sp³-hybridized carbons (Fsp3) is 0.357. The molecule has 0 radical (unpaired) electrons. The lowest BCUT2D eigenvalue weighted by molar-refractivity contribution is 0.522. The van der Waals surface area contributed by atoms with Gasteiger partial charge in [-0.2, -0.15) is 0 Å². The number of anilines is 1. The molecule has 0 aliphatic heterocycles. The molecule has 0 spiro atoms. The van der Waals surface area contributed by atoms with Gasteiger partial charge in [0, 0.05) is 29.7 Å². The van der Waals surface area contributed by atoms with Gasteiger partial charge in [-0.05, 0) is 38.9 Å². The van der Waals surface area contributed by atoms with E-state index >= 15 is 0 Å². The molecule has 2 aromatic rings. The lowest BCUT2D eigenvalue weighted by atomic mass is 10.0. The third-order valence-electron chi connectivity index (χ3n) is 2.83. The highest BCUT2D eigenvalue weighted by Crippen LogP contribution is 2.17. The fourth-order valence-electron chi connectivity index (χ4n) is 1.78. The zero-order valence-corrected chi connectivity index (χ0v) is 11.3. The van der Waals surface area contributed by atoms with Crippen LogP contribution in [0.25, 0.3) is 11.3 Å². The maximum Gasteiger partial charge on any atom is 0.223 e. The number of nitrogens with one attached hydrogen (secondary N) is 1. The van der Waals surface area contributed by atoms with Crippen molar-refractivity contribution < 1.29 is 0 Å². The van der Waals surface area contributed by atoms with Crippen LogP contribution < -0.4 is 11.1 Å². The Hall–Kier alpha value is -2.01. The molecule has 0 aromatic carbocycles. The van der Waals surface area contributed by atoms with E-state index in [9.17, 15) is 0 Å². The Bertz CT molecular complexity index is 507. The SMILES string of the molecule is CC(C)(CCN)Nc1ncc(-c2ccccn2)cn1. The van der Waals surface area contributed by atoms with E-state index in [0.717, 1.165) is 17.7 Å². The van der Waals surface area contributed by atoms with Gasteiger partial charge in [-0.15, -0.1) is 0 Å². The third-order valence-corrected chi connectivity index (χ3v) is 2.83. The fourth-order valence-corrected chi connectivity index (χ4v) is 1.78. The van der Waals surface area contributed by atoms with Gasteiger partial charge in [-0.1, -0.05) is 6.07 Å². The van der Waals surface area contributed by atoms with Crippen molar-refractivity contribution in [2.24, 2.45) is 5.73 Å². The van der Waals surface area contributed by atoms with Crippen molar-refractivity contribution in [2.75, 3.05) is 11.9 Å². The van der Waals surface area contributed by atoms with Gasteiger partial charge in [0.15, 0.2) is 0 Å². The van der Waals surface area contributed by atoms with Gasteiger partial charge in [0.25, 0.3) is 0 Å². The molecule has 3 N–H and O–H groups in total. The molecule has 0 aliphatic rings. The van der Waals surface area contributed by atoms with Crippen molar-refractivity contribution in [1.29, 1.82) is 0 Å². The molecule has 0 saturated carbocycles. The Morgan fingerprint density at radius 2 is 1.89 bits per heavy atom. The highest BCUT2D eigenvalue weighted by Gasteiger charge is 2.17. The molecule has 0 amide bonds. The zero-order chi connectivity index (χ0) is 13.7. The minimum absolute atomic E-state index is 0.110. The molecule has 0 aliphatic carbocycles. The molecule has 5 heteroatoms. The van der Waals surface area contributed by atoms with Crippen molar-refractivity contribution in [3.63, 3.8) is 0 Å². The molecule has 0 bridgehead atoms. The maximum absolute atomic E-state index is 5.58. The predicted molar refractivity (Wildman–Crippen MR) is 76.6 cm³/mol. The number of nitrogens with two attached hydrogens (primary N) is 1. The number of pyridine rings is 1. The van der Waals surface area contributed by atoms with Crippen LogP contribution in [0.15, 0.2) is 36.8 Å². The van der Waals surface area contributed by atoms with Crippen molar-refractivity contribution in [2.45, 2.75) is 25.8 Å². The summed E-state index contributed by atoms with van der Waals surface area (Å²) >= 11 is 0. The van der Waals surface area contributed by atoms with E-state index < -0.39 is 0 Å². The summed E-state index contributed by atoms with van der Waals surface area (Å²) in [6, 6.07) is 5.76. The minimum atomic E-state index is -0.110. The summed E-state index contributed by atoms with van der Waals surface area (Å²) in [6.45, 7) is 4.79. The van der Waals surface area contributed by atoms with Gasteiger partial charge >= 0.3 is 0 Å². The van der Waals surface area contributed by atoms with Crippen molar-refractivity contribution in [1.82, 2.24) is 15.0 Å². The molecule has 19 heavy (non-hydrogen) atoms. The summed E-state index contributed by atoms with van der Waals surface area (Å²) in [5.41, 5.74) is 7.25. The molecule has 0 atom stereocenters. The Morgan fingerprint density at radius 1 is 1.16 bits per heavy atom. The quantitative estimate of drug-likeness (QED) is 0.857. The Kier molecular flexibility index (Phi) is 4.06. The van der Waals surface area contributed by atoms with Gasteiger partial charge in [-0.25, -0.2) is 9.97 Å². The zero-order valence-electron chi connectivity index (χ0n) is 11.3. The lowest BCUT2D eigenvalue weighted by Crippen LogP contribution is -2.34. The monoisotopic (exact) mass is 257 g/mol. The average Bonchev–Trinajstić information content (AvgIpc) is 2.40. The molecule has 2 aromatic heterocycles. The van der Waals surface area contributed by atoms with Crippen molar-refractivity contribution >= 4 is 5.95 Å². The summed E-state index contributed by atoms with van der Waals surface area (Å²) in [4.78, 5) is 12.9. The Morgan fingerprint density at radius 3 is 2.47 bits per heavy atom. The van der Waals surface area contributed by atoms with E-state index in [-0.39, 0.29) is 5.54 Å². The molecular formula is C14H19N5. The minimum Gasteiger partial charge on any atom is -0.349 e. The van der Waals surface area contributed by atoms with Crippen LogP contribution in [0, 0.1) is 0 Å². The van der Waals surface area contributed by atoms with Crippen LogP contribution in [0.3, 0.4) is 0 Å². The van der Waals surface area contributed by atoms with E-state index in [1.165, 1.54) is 0 Å². The second-order valence-corrected chi connectivity index (χ2v) is 5.06. The number of aromatic nitrogens is 3. The Balaban J connectivity index is 2.11. The lowest BCUT2D eigenvalue weighted by Gasteiger charge is -2.25. The predicted octanol–water partition coefficient (Wildman–Crippen LogP) is 2.08. The first kappa shape index (κ1) is 13.4. The highest BCUT2D eigenvalue weighted by atomic mass is 15.1. The normalized spacial score (nSPS) is 11.3. The van der Waals surface area contributed by atoms with Crippen LogP contribution in [0.4, 0.5) is 5.95 Å². The molecule has 0 fully saturated rings.